The quantitative estimate of drug-likeness (QED) is 0.724. The fourth-order valence-electron chi connectivity index (χ4n) is 2.23. The second-order valence-electron chi connectivity index (χ2n) is 4.77. The first kappa shape index (κ1) is 13.1. The van der Waals surface area contributed by atoms with Gasteiger partial charge in [0.1, 0.15) is 11.6 Å². The van der Waals surface area contributed by atoms with Crippen LogP contribution in [0.3, 0.4) is 0 Å². The van der Waals surface area contributed by atoms with Gasteiger partial charge in [-0.1, -0.05) is 0 Å². The van der Waals surface area contributed by atoms with Crippen LogP contribution in [0.1, 0.15) is 12.2 Å². The predicted molar refractivity (Wildman–Crippen MR) is 82.3 cm³/mol. The van der Waals surface area contributed by atoms with Crippen LogP contribution in [-0.2, 0) is 6.54 Å². The molecule has 0 radical (unpaired) electrons. The van der Waals surface area contributed by atoms with E-state index in [0.29, 0.717) is 0 Å². The summed E-state index contributed by atoms with van der Waals surface area (Å²) in [7, 11) is 2.09. The summed E-state index contributed by atoms with van der Waals surface area (Å²) in [6.07, 6.45) is 4.84. The summed E-state index contributed by atoms with van der Waals surface area (Å²) in [5, 5.41) is 6.29. The molecule has 0 aliphatic rings. The first-order chi connectivity index (χ1) is 9.74. The Morgan fingerprint density at radius 1 is 1.35 bits per heavy atom. The van der Waals surface area contributed by atoms with Gasteiger partial charge in [-0.15, -0.1) is 11.3 Å². The Bertz CT molecular complexity index is 689. The van der Waals surface area contributed by atoms with E-state index >= 15 is 0 Å². The largest absolute Gasteiger partial charge is 0.358 e. The zero-order valence-corrected chi connectivity index (χ0v) is 12.5. The molecule has 0 aliphatic heterocycles. The topological polar surface area (TPSA) is 46.8 Å². The molecule has 0 unspecified atom stereocenters. The number of aromatic nitrogens is 4. The zero-order valence-electron chi connectivity index (χ0n) is 11.7. The normalized spacial score (nSPS) is 11.1. The lowest BCUT2D eigenvalue weighted by Crippen LogP contribution is -2.21. The molecule has 0 aliphatic carbocycles. The average Bonchev–Trinajstić information content (AvgIpc) is 3.08. The fraction of sp³-hybridized carbons (Fsp3) is 0.357. The third-order valence-electron chi connectivity index (χ3n) is 3.20. The molecule has 0 bridgehead atoms. The Labute approximate surface area is 121 Å². The zero-order chi connectivity index (χ0) is 13.9. The van der Waals surface area contributed by atoms with Gasteiger partial charge in [0, 0.05) is 32.5 Å². The summed E-state index contributed by atoms with van der Waals surface area (Å²) in [5.74, 6) is 1.85. The van der Waals surface area contributed by atoms with E-state index in [1.54, 1.807) is 11.3 Å². The number of hydrogen-bond donors (Lipinski definition) is 0. The van der Waals surface area contributed by atoms with E-state index < -0.39 is 0 Å². The molecule has 0 spiro atoms. The molecule has 0 N–H and O–H groups in total. The number of aryl methyl sites for hydroxylation is 2. The van der Waals surface area contributed by atoms with Gasteiger partial charge in [-0.2, -0.15) is 5.10 Å². The van der Waals surface area contributed by atoms with Crippen molar-refractivity contribution in [2.75, 3.05) is 18.5 Å². The van der Waals surface area contributed by atoms with Crippen LogP contribution < -0.4 is 4.90 Å². The van der Waals surface area contributed by atoms with Crippen LogP contribution in [0.15, 0.2) is 29.9 Å². The molecule has 0 saturated carbocycles. The first-order valence-electron chi connectivity index (χ1n) is 6.64. The molecule has 3 aromatic rings. The highest BCUT2D eigenvalue weighted by Gasteiger charge is 2.11. The molecule has 0 aromatic carbocycles. The molecule has 3 heterocycles. The van der Waals surface area contributed by atoms with Crippen molar-refractivity contribution < 1.29 is 0 Å². The maximum atomic E-state index is 4.59. The van der Waals surface area contributed by atoms with Crippen LogP contribution in [-0.4, -0.2) is 33.3 Å². The van der Waals surface area contributed by atoms with Gasteiger partial charge in [0.2, 0.25) is 0 Å². The lowest BCUT2D eigenvalue weighted by molar-refractivity contribution is 0.577. The summed E-state index contributed by atoms with van der Waals surface area (Å²) in [6, 6.07) is 4.00. The number of thiophene rings is 1. The van der Waals surface area contributed by atoms with Crippen molar-refractivity contribution in [2.24, 2.45) is 0 Å². The summed E-state index contributed by atoms with van der Waals surface area (Å²) >= 11 is 1.70. The molecule has 6 heteroatoms. The minimum atomic E-state index is 0.824. The second-order valence-corrected chi connectivity index (χ2v) is 5.69. The van der Waals surface area contributed by atoms with Crippen LogP contribution >= 0.6 is 11.3 Å². The standard InChI is InChI=1S/C14H17N5S/c1-11-16-12-5-10-20-13(12)14(17-11)18(2)7-4-9-19-8-3-6-15-19/h3,5-6,8,10H,4,7,9H2,1-2H3. The van der Waals surface area contributed by atoms with E-state index in [1.165, 1.54) is 0 Å². The Morgan fingerprint density at radius 3 is 3.05 bits per heavy atom. The van der Waals surface area contributed by atoms with Crippen molar-refractivity contribution in [3.8, 4) is 0 Å². The maximum absolute atomic E-state index is 4.59. The molecule has 0 fully saturated rings. The van der Waals surface area contributed by atoms with Crippen molar-refractivity contribution >= 4 is 27.4 Å². The van der Waals surface area contributed by atoms with Crippen molar-refractivity contribution in [1.29, 1.82) is 0 Å². The second kappa shape index (κ2) is 5.58. The number of rotatable bonds is 5. The summed E-state index contributed by atoms with van der Waals surface area (Å²) < 4.78 is 3.12. The third-order valence-corrected chi connectivity index (χ3v) is 4.10. The highest BCUT2D eigenvalue weighted by atomic mass is 32.1. The number of anilines is 1. The van der Waals surface area contributed by atoms with E-state index in [1.807, 2.05) is 30.1 Å². The Kier molecular flexibility index (Phi) is 3.64. The number of nitrogens with zero attached hydrogens (tertiary/aromatic N) is 5. The van der Waals surface area contributed by atoms with Crippen molar-refractivity contribution in [1.82, 2.24) is 19.7 Å². The summed E-state index contributed by atoms with van der Waals surface area (Å²) in [6.45, 7) is 3.82. The van der Waals surface area contributed by atoms with E-state index in [2.05, 4.69) is 38.5 Å². The molecule has 0 atom stereocenters. The molecule has 5 nitrogen and oxygen atoms in total. The van der Waals surface area contributed by atoms with Crippen LogP contribution in [0.4, 0.5) is 5.82 Å². The molecule has 20 heavy (non-hydrogen) atoms. The lowest BCUT2D eigenvalue weighted by atomic mass is 10.3. The number of hydrogen-bond acceptors (Lipinski definition) is 5. The van der Waals surface area contributed by atoms with Crippen LogP contribution in [0.25, 0.3) is 10.2 Å². The SMILES string of the molecule is Cc1nc(N(C)CCCn2cccn2)c2sccc2n1. The van der Waals surface area contributed by atoms with Gasteiger partial charge >= 0.3 is 0 Å². The summed E-state index contributed by atoms with van der Waals surface area (Å²) in [4.78, 5) is 11.3. The van der Waals surface area contributed by atoms with Gasteiger partial charge in [0.15, 0.2) is 0 Å². The first-order valence-corrected chi connectivity index (χ1v) is 7.52. The minimum Gasteiger partial charge on any atom is -0.358 e. The highest BCUT2D eigenvalue weighted by molar-refractivity contribution is 7.17. The van der Waals surface area contributed by atoms with E-state index in [4.69, 9.17) is 0 Å². The van der Waals surface area contributed by atoms with Gasteiger partial charge in [-0.3, -0.25) is 4.68 Å². The highest BCUT2D eigenvalue weighted by Crippen LogP contribution is 2.28. The van der Waals surface area contributed by atoms with Gasteiger partial charge in [-0.25, -0.2) is 9.97 Å². The smallest absolute Gasteiger partial charge is 0.150 e. The van der Waals surface area contributed by atoms with Crippen LogP contribution in [0.5, 0.6) is 0 Å². The van der Waals surface area contributed by atoms with Crippen LogP contribution in [0, 0.1) is 6.92 Å². The van der Waals surface area contributed by atoms with Gasteiger partial charge in [0.25, 0.3) is 0 Å². The lowest BCUT2D eigenvalue weighted by Gasteiger charge is -2.19. The molecular weight excluding hydrogens is 270 g/mol. The van der Waals surface area contributed by atoms with Gasteiger partial charge < -0.3 is 4.90 Å². The molecular formula is C14H17N5S. The predicted octanol–water partition coefficient (Wildman–Crippen LogP) is 2.72. The number of fused-ring (bicyclic) bond motifs is 1. The molecule has 3 aromatic heterocycles. The molecule has 0 amide bonds. The maximum Gasteiger partial charge on any atom is 0.150 e. The molecule has 0 saturated heterocycles. The minimum absolute atomic E-state index is 0.824. The van der Waals surface area contributed by atoms with E-state index in [9.17, 15) is 0 Å². The van der Waals surface area contributed by atoms with Gasteiger partial charge in [0.05, 0.1) is 10.2 Å². The van der Waals surface area contributed by atoms with E-state index in [-0.39, 0.29) is 0 Å². The third kappa shape index (κ3) is 2.65. The monoisotopic (exact) mass is 287 g/mol. The van der Waals surface area contributed by atoms with Crippen molar-refractivity contribution in [3.05, 3.63) is 35.7 Å². The Balaban J connectivity index is 1.71. The average molecular weight is 287 g/mol. The Hall–Kier alpha value is -1.95. The summed E-state index contributed by atoms with van der Waals surface area (Å²) in [5.41, 5.74) is 1.04. The van der Waals surface area contributed by atoms with Crippen molar-refractivity contribution in [3.63, 3.8) is 0 Å². The van der Waals surface area contributed by atoms with Crippen LogP contribution in [0.2, 0.25) is 0 Å². The molecule has 3 rings (SSSR count). The van der Waals surface area contributed by atoms with Gasteiger partial charge in [-0.05, 0) is 30.9 Å². The van der Waals surface area contributed by atoms with Crippen molar-refractivity contribution in [2.45, 2.75) is 19.9 Å². The van der Waals surface area contributed by atoms with E-state index in [0.717, 1.165) is 41.4 Å². The Morgan fingerprint density at radius 2 is 2.25 bits per heavy atom. The fourth-order valence-corrected chi connectivity index (χ4v) is 3.10. The molecule has 104 valence electrons.